The van der Waals surface area contributed by atoms with E-state index in [0.717, 1.165) is 5.56 Å². The zero-order chi connectivity index (χ0) is 12.0. The number of benzene rings is 1. The molecule has 1 rings (SSSR count). The van der Waals surface area contributed by atoms with Crippen molar-refractivity contribution in [2.24, 2.45) is 0 Å². The summed E-state index contributed by atoms with van der Waals surface area (Å²) in [5.74, 6) is 0. The molecule has 0 radical (unpaired) electrons. The average molecular weight is 218 g/mol. The Morgan fingerprint density at radius 1 is 1.31 bits per heavy atom. The molecule has 1 amide bonds. The highest BCUT2D eigenvalue weighted by Crippen LogP contribution is 2.08. The van der Waals surface area contributed by atoms with E-state index < -0.39 is 11.7 Å². The van der Waals surface area contributed by atoms with Gasteiger partial charge in [0, 0.05) is 0 Å². The van der Waals surface area contributed by atoms with Crippen molar-refractivity contribution in [3.63, 3.8) is 0 Å². The molecule has 0 saturated heterocycles. The van der Waals surface area contributed by atoms with Crippen LogP contribution in [0.3, 0.4) is 0 Å². The van der Waals surface area contributed by atoms with E-state index in [1.807, 2.05) is 30.3 Å². The Morgan fingerprint density at radius 3 is 2.50 bits per heavy atom. The maximum absolute atomic E-state index is 11.2. The normalized spacial score (nSPS) is 10.2. The minimum absolute atomic E-state index is 0.505. The zero-order valence-corrected chi connectivity index (χ0v) is 9.86. The first-order valence-electron chi connectivity index (χ1n) is 5.18. The number of rotatable bonds is 1. The van der Waals surface area contributed by atoms with Crippen molar-refractivity contribution >= 4 is 6.09 Å². The quantitative estimate of drug-likeness (QED) is 0.722. The van der Waals surface area contributed by atoms with Gasteiger partial charge < -0.3 is 4.74 Å². The van der Waals surface area contributed by atoms with Gasteiger partial charge in [-0.3, -0.25) is 0 Å². The van der Waals surface area contributed by atoms with E-state index in [-0.39, 0.29) is 0 Å². The van der Waals surface area contributed by atoms with Crippen LogP contribution in [-0.4, -0.2) is 11.7 Å². The molecule has 0 aliphatic carbocycles. The van der Waals surface area contributed by atoms with Crippen molar-refractivity contribution in [2.75, 3.05) is 0 Å². The third-order valence-corrected chi connectivity index (χ3v) is 1.69. The largest absolute Gasteiger partial charge is 0.728 e. The van der Waals surface area contributed by atoms with Crippen LogP contribution < -0.4 is 0 Å². The van der Waals surface area contributed by atoms with Gasteiger partial charge in [-0.25, -0.2) is 0 Å². The molecule has 0 N–H and O–H groups in total. The van der Waals surface area contributed by atoms with E-state index in [2.05, 4.69) is 10.9 Å². The molecule has 0 atom stereocenters. The first kappa shape index (κ1) is 12.3. The summed E-state index contributed by atoms with van der Waals surface area (Å²) in [6, 6.07) is 12.4. The molecule has 84 valence electrons. The van der Waals surface area contributed by atoms with Gasteiger partial charge >= 0.3 is 6.09 Å². The molecule has 3 heteroatoms. The number of carbonyl (C=O) groups excluding carboxylic acids is 1. The summed E-state index contributed by atoms with van der Waals surface area (Å²) in [6.07, 6.45) is -0.0801. The minimum Gasteiger partial charge on any atom is -0.392 e. The lowest BCUT2D eigenvalue weighted by Crippen LogP contribution is -2.21. The number of hydrogen-bond donors (Lipinski definition) is 0. The lowest BCUT2D eigenvalue weighted by molar-refractivity contribution is 0.0664. The Bertz CT molecular complexity index is 407. The predicted molar refractivity (Wildman–Crippen MR) is 63.6 cm³/mol. The van der Waals surface area contributed by atoms with Crippen LogP contribution in [0.15, 0.2) is 30.3 Å². The van der Waals surface area contributed by atoms with Gasteiger partial charge in [0.1, 0.15) is 12.0 Å². The van der Waals surface area contributed by atoms with Gasteiger partial charge in [0.05, 0.1) is 4.85 Å². The van der Waals surface area contributed by atoms with Crippen molar-refractivity contribution in [3.05, 3.63) is 40.7 Å². The summed E-state index contributed by atoms with van der Waals surface area (Å²) < 4.78 is 5.01. The SMILES string of the molecule is CC(C)(C)OC(=O)[N+]#CCc1ccccc1. The molecule has 0 bridgehead atoms. The Labute approximate surface area is 95.9 Å². The summed E-state index contributed by atoms with van der Waals surface area (Å²) in [5, 5.41) is 0. The van der Waals surface area contributed by atoms with E-state index in [0.29, 0.717) is 6.42 Å². The summed E-state index contributed by atoms with van der Waals surface area (Å²) in [6.45, 7) is 5.41. The molecule has 0 saturated carbocycles. The number of ether oxygens (including phenoxy) is 1. The fourth-order valence-electron chi connectivity index (χ4n) is 1.08. The fraction of sp³-hybridized carbons (Fsp3) is 0.385. The molecule has 0 spiro atoms. The van der Waals surface area contributed by atoms with Gasteiger partial charge in [0.15, 0.2) is 0 Å². The fourth-order valence-corrected chi connectivity index (χ4v) is 1.08. The van der Waals surface area contributed by atoms with Gasteiger partial charge in [0.25, 0.3) is 6.07 Å². The third-order valence-electron chi connectivity index (χ3n) is 1.69. The standard InChI is InChI=1S/C13H16NO2/c1-13(2,3)16-12(15)14-10-9-11-7-5-4-6-8-11/h4-8H,9H2,1-3H3/q+1. The van der Waals surface area contributed by atoms with Crippen LogP contribution in [0.1, 0.15) is 26.3 Å². The second-order valence-corrected chi connectivity index (χ2v) is 4.41. The van der Waals surface area contributed by atoms with Crippen LogP contribution in [-0.2, 0) is 11.2 Å². The lowest BCUT2D eigenvalue weighted by Gasteiger charge is -2.12. The summed E-state index contributed by atoms with van der Waals surface area (Å²) in [7, 11) is 0. The highest BCUT2D eigenvalue weighted by atomic mass is 16.6. The smallest absolute Gasteiger partial charge is 0.392 e. The average Bonchev–Trinajstić information content (AvgIpc) is 2.16. The Morgan fingerprint density at radius 2 is 1.94 bits per heavy atom. The van der Waals surface area contributed by atoms with E-state index in [1.165, 1.54) is 0 Å². The molecule has 1 aromatic carbocycles. The van der Waals surface area contributed by atoms with Gasteiger partial charge in [-0.2, -0.15) is 4.79 Å². The van der Waals surface area contributed by atoms with Crippen LogP contribution in [0.2, 0.25) is 0 Å². The van der Waals surface area contributed by atoms with E-state index in [9.17, 15) is 4.79 Å². The van der Waals surface area contributed by atoms with Crippen LogP contribution in [0.5, 0.6) is 0 Å². The van der Waals surface area contributed by atoms with Crippen molar-refractivity contribution in [2.45, 2.75) is 32.8 Å². The number of carbonyl (C=O) groups is 1. The minimum atomic E-state index is -0.594. The van der Waals surface area contributed by atoms with Crippen LogP contribution >= 0.6 is 0 Å². The van der Waals surface area contributed by atoms with Crippen LogP contribution in [0.25, 0.3) is 4.85 Å². The summed E-state index contributed by atoms with van der Waals surface area (Å²) >= 11 is 0. The molecule has 16 heavy (non-hydrogen) atoms. The molecular formula is C13H16NO2+. The van der Waals surface area contributed by atoms with Gasteiger partial charge in [-0.15, -0.1) is 0 Å². The zero-order valence-electron chi connectivity index (χ0n) is 9.86. The highest BCUT2D eigenvalue weighted by molar-refractivity contribution is 5.79. The topological polar surface area (TPSA) is 30.7 Å². The Balaban J connectivity index is 2.47. The summed E-state index contributed by atoms with van der Waals surface area (Å²) in [4.78, 5) is 14.8. The van der Waals surface area contributed by atoms with Gasteiger partial charge in [-0.05, 0) is 26.3 Å². The van der Waals surface area contributed by atoms with E-state index in [4.69, 9.17) is 4.74 Å². The number of amides is 1. The molecule has 0 unspecified atom stereocenters. The summed E-state index contributed by atoms with van der Waals surface area (Å²) in [5.41, 5.74) is 0.560. The Kier molecular flexibility index (Phi) is 4.07. The molecule has 0 heterocycles. The van der Waals surface area contributed by atoms with Crippen molar-refractivity contribution in [1.29, 1.82) is 0 Å². The van der Waals surface area contributed by atoms with Crippen LogP contribution in [0.4, 0.5) is 4.79 Å². The number of hydrogen-bond acceptors (Lipinski definition) is 2. The molecule has 0 aliphatic rings. The highest BCUT2D eigenvalue weighted by Gasteiger charge is 2.23. The first-order valence-corrected chi connectivity index (χ1v) is 5.18. The monoisotopic (exact) mass is 218 g/mol. The first-order chi connectivity index (χ1) is 7.47. The van der Waals surface area contributed by atoms with Gasteiger partial charge in [-0.1, -0.05) is 30.3 Å². The van der Waals surface area contributed by atoms with Gasteiger partial charge in [0.2, 0.25) is 0 Å². The predicted octanol–water partition coefficient (Wildman–Crippen LogP) is 3.50. The van der Waals surface area contributed by atoms with E-state index >= 15 is 0 Å². The van der Waals surface area contributed by atoms with Crippen molar-refractivity contribution < 1.29 is 9.53 Å². The molecule has 0 fully saturated rings. The molecular weight excluding hydrogens is 202 g/mol. The molecule has 3 nitrogen and oxygen atoms in total. The second kappa shape index (κ2) is 5.32. The van der Waals surface area contributed by atoms with Crippen molar-refractivity contribution in [3.8, 4) is 6.07 Å². The third kappa shape index (κ3) is 5.16. The molecule has 1 aromatic rings. The Hall–Kier alpha value is -1.82. The second-order valence-electron chi connectivity index (χ2n) is 4.41. The molecule has 0 aliphatic heterocycles. The van der Waals surface area contributed by atoms with E-state index in [1.54, 1.807) is 20.8 Å². The van der Waals surface area contributed by atoms with Crippen LogP contribution in [0, 0.1) is 6.07 Å². The maximum atomic E-state index is 11.2. The maximum Gasteiger partial charge on any atom is 0.728 e. The molecule has 0 aromatic heterocycles. The lowest BCUT2D eigenvalue weighted by atomic mass is 10.2. The van der Waals surface area contributed by atoms with Crippen molar-refractivity contribution in [1.82, 2.24) is 0 Å². The number of nitrogens with zero attached hydrogens (tertiary/aromatic N) is 1.